The molecule has 0 fully saturated rings. The molecule has 0 saturated heterocycles. The summed E-state index contributed by atoms with van der Waals surface area (Å²) in [6.07, 6.45) is 1.59. The summed E-state index contributed by atoms with van der Waals surface area (Å²) in [5, 5.41) is 8.71. The number of nitrogen functional groups attached to an aromatic ring is 1. The minimum Gasteiger partial charge on any atom is -0.385 e. The molecule has 13 heavy (non-hydrogen) atoms. The fourth-order valence-corrected chi connectivity index (χ4v) is 1.22. The number of nitriles is 1. The van der Waals surface area contributed by atoms with Crippen LogP contribution in [0, 0.1) is 11.3 Å². The van der Waals surface area contributed by atoms with E-state index in [1.54, 1.807) is 6.07 Å². The Bertz CT molecular complexity index is 400. The molecule has 0 amide bonds. The Hall–Kier alpha value is -1.76. The van der Waals surface area contributed by atoms with Gasteiger partial charge in [0.15, 0.2) is 0 Å². The van der Waals surface area contributed by atoms with Crippen molar-refractivity contribution >= 4 is 5.82 Å². The lowest BCUT2D eigenvalue weighted by Gasteiger charge is -2.01. The molecular weight excluding hydrogens is 166 g/mol. The number of aromatic amines is 1. The topological polar surface area (TPSA) is 82.7 Å². The van der Waals surface area contributed by atoms with Crippen LogP contribution in [0.2, 0.25) is 0 Å². The SMILES string of the molecule is CCCc1cc(N)[nH]c(=O)c1C#N. The lowest BCUT2D eigenvalue weighted by atomic mass is 10.1. The van der Waals surface area contributed by atoms with Crippen LogP contribution in [0.1, 0.15) is 24.5 Å². The number of nitrogens with two attached hydrogens (primary N) is 1. The number of aryl methyl sites for hydroxylation is 1. The number of rotatable bonds is 2. The average Bonchev–Trinajstić information content (AvgIpc) is 2.04. The minimum atomic E-state index is -0.397. The third-order valence-electron chi connectivity index (χ3n) is 1.77. The van der Waals surface area contributed by atoms with E-state index in [0.29, 0.717) is 12.2 Å². The van der Waals surface area contributed by atoms with E-state index in [2.05, 4.69) is 4.98 Å². The highest BCUT2D eigenvalue weighted by atomic mass is 16.1. The summed E-state index contributed by atoms with van der Waals surface area (Å²) in [5.41, 5.74) is 5.96. The van der Waals surface area contributed by atoms with E-state index >= 15 is 0 Å². The van der Waals surface area contributed by atoms with Gasteiger partial charge in [0.05, 0.1) is 0 Å². The van der Waals surface area contributed by atoms with Crippen LogP contribution in [0.3, 0.4) is 0 Å². The number of anilines is 1. The van der Waals surface area contributed by atoms with Crippen molar-refractivity contribution in [3.63, 3.8) is 0 Å². The molecule has 1 heterocycles. The summed E-state index contributed by atoms with van der Waals surface area (Å²) in [6.45, 7) is 1.98. The normalized spacial score (nSPS) is 9.54. The van der Waals surface area contributed by atoms with Gasteiger partial charge in [0.2, 0.25) is 0 Å². The monoisotopic (exact) mass is 177 g/mol. The van der Waals surface area contributed by atoms with Crippen LogP contribution in [-0.2, 0) is 6.42 Å². The first-order chi connectivity index (χ1) is 6.19. The number of aromatic nitrogens is 1. The van der Waals surface area contributed by atoms with Gasteiger partial charge in [-0.3, -0.25) is 4.79 Å². The van der Waals surface area contributed by atoms with Crippen molar-refractivity contribution < 1.29 is 0 Å². The Kier molecular flexibility index (Phi) is 2.70. The number of hydrogen-bond acceptors (Lipinski definition) is 3. The molecule has 68 valence electrons. The summed E-state index contributed by atoms with van der Waals surface area (Å²) < 4.78 is 0. The Morgan fingerprint density at radius 2 is 2.38 bits per heavy atom. The van der Waals surface area contributed by atoms with Gasteiger partial charge in [0, 0.05) is 0 Å². The molecule has 1 rings (SSSR count). The first-order valence-corrected chi connectivity index (χ1v) is 4.10. The molecule has 4 heteroatoms. The van der Waals surface area contributed by atoms with Gasteiger partial charge in [-0.05, 0) is 18.1 Å². The van der Waals surface area contributed by atoms with Gasteiger partial charge < -0.3 is 10.7 Å². The minimum absolute atomic E-state index is 0.177. The smallest absolute Gasteiger partial charge is 0.267 e. The molecule has 0 aliphatic carbocycles. The Morgan fingerprint density at radius 1 is 1.69 bits per heavy atom. The lowest BCUT2D eigenvalue weighted by molar-refractivity contribution is 0.911. The molecule has 4 nitrogen and oxygen atoms in total. The van der Waals surface area contributed by atoms with E-state index in [-0.39, 0.29) is 5.56 Å². The highest BCUT2D eigenvalue weighted by molar-refractivity contribution is 5.42. The molecule has 0 bridgehead atoms. The molecule has 0 radical (unpaired) electrons. The summed E-state index contributed by atoms with van der Waals surface area (Å²) in [5.74, 6) is 0.312. The third-order valence-corrected chi connectivity index (χ3v) is 1.77. The van der Waals surface area contributed by atoms with E-state index < -0.39 is 5.56 Å². The predicted octanol–water partition coefficient (Wildman–Crippen LogP) is 0.781. The number of pyridine rings is 1. The zero-order valence-corrected chi connectivity index (χ0v) is 7.42. The number of nitrogens with one attached hydrogen (secondary N) is 1. The molecule has 0 aliphatic rings. The van der Waals surface area contributed by atoms with Crippen LogP contribution in [0.4, 0.5) is 5.82 Å². The van der Waals surface area contributed by atoms with Crippen molar-refractivity contribution in [3.8, 4) is 6.07 Å². The molecule has 3 N–H and O–H groups in total. The van der Waals surface area contributed by atoms with Crippen molar-refractivity contribution in [3.05, 3.63) is 27.5 Å². The van der Waals surface area contributed by atoms with Gasteiger partial charge >= 0.3 is 0 Å². The third kappa shape index (κ3) is 1.88. The van der Waals surface area contributed by atoms with E-state index in [4.69, 9.17) is 11.0 Å². The predicted molar refractivity (Wildman–Crippen MR) is 50.2 cm³/mol. The second-order valence-electron chi connectivity index (χ2n) is 2.82. The second-order valence-corrected chi connectivity index (χ2v) is 2.82. The quantitative estimate of drug-likeness (QED) is 0.700. The van der Waals surface area contributed by atoms with Gasteiger partial charge in [-0.15, -0.1) is 0 Å². The largest absolute Gasteiger partial charge is 0.385 e. The van der Waals surface area contributed by atoms with Crippen LogP contribution in [0.5, 0.6) is 0 Å². The van der Waals surface area contributed by atoms with E-state index in [1.165, 1.54) is 0 Å². The second kappa shape index (κ2) is 3.76. The number of nitrogens with zero attached hydrogens (tertiary/aromatic N) is 1. The zero-order chi connectivity index (χ0) is 9.84. The molecule has 0 aromatic carbocycles. The van der Waals surface area contributed by atoms with Gasteiger partial charge in [-0.1, -0.05) is 13.3 Å². The first-order valence-electron chi connectivity index (χ1n) is 4.10. The molecule has 0 aliphatic heterocycles. The fraction of sp³-hybridized carbons (Fsp3) is 0.333. The summed E-state index contributed by atoms with van der Waals surface area (Å²) in [4.78, 5) is 13.6. The highest BCUT2D eigenvalue weighted by Crippen LogP contribution is 2.08. The van der Waals surface area contributed by atoms with Crippen molar-refractivity contribution in [1.29, 1.82) is 5.26 Å². The van der Waals surface area contributed by atoms with Gasteiger partial charge in [0.1, 0.15) is 17.5 Å². The van der Waals surface area contributed by atoms with Gasteiger partial charge in [-0.2, -0.15) is 5.26 Å². The maximum Gasteiger partial charge on any atom is 0.267 e. The van der Waals surface area contributed by atoms with Gasteiger partial charge in [0.25, 0.3) is 5.56 Å². The summed E-state index contributed by atoms with van der Waals surface area (Å²) in [6, 6.07) is 3.52. The van der Waals surface area contributed by atoms with E-state index in [9.17, 15) is 4.79 Å². The molecular formula is C9H11N3O. The maximum atomic E-state index is 11.2. The van der Waals surface area contributed by atoms with Crippen LogP contribution in [0.25, 0.3) is 0 Å². The van der Waals surface area contributed by atoms with Crippen LogP contribution < -0.4 is 11.3 Å². The van der Waals surface area contributed by atoms with E-state index in [1.807, 2.05) is 13.0 Å². The molecule has 0 spiro atoms. The number of hydrogen-bond donors (Lipinski definition) is 2. The fourth-order valence-electron chi connectivity index (χ4n) is 1.22. The first kappa shape index (κ1) is 9.33. The number of H-pyrrole nitrogens is 1. The van der Waals surface area contributed by atoms with Crippen LogP contribution >= 0.6 is 0 Å². The summed E-state index contributed by atoms with van der Waals surface area (Å²) in [7, 11) is 0. The molecule has 1 aromatic rings. The van der Waals surface area contributed by atoms with Crippen LogP contribution in [0.15, 0.2) is 10.9 Å². The maximum absolute atomic E-state index is 11.2. The van der Waals surface area contributed by atoms with Crippen molar-refractivity contribution in [2.75, 3.05) is 5.73 Å². The Balaban J connectivity index is 3.32. The highest BCUT2D eigenvalue weighted by Gasteiger charge is 2.06. The molecule has 0 unspecified atom stereocenters. The molecule has 0 saturated carbocycles. The van der Waals surface area contributed by atoms with E-state index in [0.717, 1.165) is 12.0 Å². The van der Waals surface area contributed by atoms with Gasteiger partial charge in [-0.25, -0.2) is 0 Å². The molecule has 1 aromatic heterocycles. The van der Waals surface area contributed by atoms with Crippen molar-refractivity contribution in [2.45, 2.75) is 19.8 Å². The molecule has 0 atom stereocenters. The Morgan fingerprint density at radius 3 is 2.92 bits per heavy atom. The standard InChI is InChI=1S/C9H11N3O/c1-2-3-6-4-8(11)12-9(13)7(6)5-10/h4H,2-3H2,1H3,(H3,11,12,13). The van der Waals surface area contributed by atoms with Crippen molar-refractivity contribution in [2.24, 2.45) is 0 Å². The lowest BCUT2D eigenvalue weighted by Crippen LogP contribution is -2.15. The van der Waals surface area contributed by atoms with Crippen LogP contribution in [-0.4, -0.2) is 4.98 Å². The summed E-state index contributed by atoms with van der Waals surface area (Å²) >= 11 is 0. The zero-order valence-electron chi connectivity index (χ0n) is 7.42. The average molecular weight is 177 g/mol. The Labute approximate surface area is 76.0 Å². The van der Waals surface area contributed by atoms with Crippen molar-refractivity contribution in [1.82, 2.24) is 4.98 Å².